The Hall–Kier alpha value is 0.220. The first kappa shape index (κ1) is 16.6. The fraction of sp³-hybridized carbons (Fsp3) is 1.00. The number of rotatable bonds is 5. The molecule has 0 aromatic carbocycles. The van der Waals surface area contributed by atoms with Crippen LogP contribution >= 0.6 is 11.8 Å². The minimum absolute atomic E-state index is 0.241. The van der Waals surface area contributed by atoms with Crippen LogP contribution in [0, 0.1) is 0 Å². The second-order valence-corrected chi connectivity index (χ2v) is 9.59. The molecule has 0 spiro atoms. The van der Waals surface area contributed by atoms with Gasteiger partial charge in [0.1, 0.15) is 5.37 Å². The van der Waals surface area contributed by atoms with Crippen molar-refractivity contribution in [2.24, 2.45) is 0 Å². The standard InChI is InChI=1S/C14H28N2O2S2/c1-15-14(6-4-3-5-7-14)8-9-16-10-11-19-12-13(16)20(2,17)18/h13,15H,3-12H2,1-2H3. The number of nitrogens with zero attached hydrogens (tertiary/aromatic N) is 1. The quantitative estimate of drug-likeness (QED) is 0.836. The highest BCUT2D eigenvalue weighted by Gasteiger charge is 2.34. The Morgan fingerprint density at radius 2 is 2.00 bits per heavy atom. The summed E-state index contributed by atoms with van der Waals surface area (Å²) >= 11 is 1.76. The molecule has 0 aromatic heterocycles. The number of thioether (sulfide) groups is 1. The third-order valence-corrected chi connectivity index (χ3v) is 7.59. The normalized spacial score (nSPS) is 28.4. The molecule has 4 nitrogen and oxygen atoms in total. The second kappa shape index (κ2) is 6.99. The lowest BCUT2D eigenvalue weighted by Gasteiger charge is -2.41. The number of sulfone groups is 1. The molecule has 1 aliphatic heterocycles. The van der Waals surface area contributed by atoms with Crippen molar-refractivity contribution in [3.05, 3.63) is 0 Å². The number of hydrogen-bond acceptors (Lipinski definition) is 5. The van der Waals surface area contributed by atoms with Crippen molar-refractivity contribution in [1.29, 1.82) is 0 Å². The summed E-state index contributed by atoms with van der Waals surface area (Å²) in [7, 11) is -0.909. The van der Waals surface area contributed by atoms with Gasteiger partial charge in [-0.15, -0.1) is 0 Å². The van der Waals surface area contributed by atoms with Crippen molar-refractivity contribution >= 4 is 21.6 Å². The highest BCUT2D eigenvalue weighted by molar-refractivity contribution is 8.00. The van der Waals surface area contributed by atoms with Gasteiger partial charge in [0, 0.05) is 36.4 Å². The molecule has 0 radical (unpaired) electrons. The summed E-state index contributed by atoms with van der Waals surface area (Å²) in [6.45, 7) is 1.81. The van der Waals surface area contributed by atoms with Crippen LogP contribution in [-0.4, -0.2) is 62.1 Å². The lowest BCUT2D eigenvalue weighted by molar-refractivity contribution is 0.180. The molecule has 1 atom stereocenters. The topological polar surface area (TPSA) is 49.4 Å². The summed E-state index contributed by atoms with van der Waals surface area (Å²) < 4.78 is 23.9. The molecule has 0 bridgehead atoms. The third kappa shape index (κ3) is 4.12. The Morgan fingerprint density at radius 3 is 2.60 bits per heavy atom. The van der Waals surface area contributed by atoms with E-state index in [-0.39, 0.29) is 10.9 Å². The second-order valence-electron chi connectivity index (χ2n) is 6.24. The molecule has 1 N–H and O–H groups in total. The van der Waals surface area contributed by atoms with Crippen molar-refractivity contribution in [3.8, 4) is 0 Å². The molecule has 1 saturated heterocycles. The van der Waals surface area contributed by atoms with E-state index in [9.17, 15) is 8.42 Å². The van der Waals surface area contributed by atoms with Crippen molar-refractivity contribution in [2.75, 3.05) is 37.9 Å². The average Bonchev–Trinajstić information content (AvgIpc) is 2.45. The summed E-state index contributed by atoms with van der Waals surface area (Å²) in [5.41, 5.74) is 0.241. The van der Waals surface area contributed by atoms with Gasteiger partial charge < -0.3 is 5.32 Å². The maximum atomic E-state index is 11.9. The van der Waals surface area contributed by atoms with Gasteiger partial charge in [0.05, 0.1) is 0 Å². The van der Waals surface area contributed by atoms with E-state index in [0.717, 1.165) is 31.0 Å². The van der Waals surface area contributed by atoms with Gasteiger partial charge >= 0.3 is 0 Å². The van der Waals surface area contributed by atoms with E-state index in [2.05, 4.69) is 17.3 Å². The molecule has 0 amide bonds. The van der Waals surface area contributed by atoms with Crippen LogP contribution in [0.2, 0.25) is 0 Å². The average molecular weight is 321 g/mol. The molecule has 1 unspecified atom stereocenters. The third-order valence-electron chi connectivity index (χ3n) is 4.90. The summed E-state index contributed by atoms with van der Waals surface area (Å²) in [5.74, 6) is 1.78. The van der Waals surface area contributed by atoms with Crippen molar-refractivity contribution in [2.45, 2.75) is 49.4 Å². The zero-order valence-corrected chi connectivity index (χ0v) is 14.4. The fourth-order valence-electron chi connectivity index (χ4n) is 3.48. The van der Waals surface area contributed by atoms with E-state index in [1.54, 1.807) is 11.8 Å². The SMILES string of the molecule is CNC1(CCN2CCSCC2S(C)(=O)=O)CCCCC1. The van der Waals surface area contributed by atoms with Crippen LogP contribution in [0.1, 0.15) is 38.5 Å². The largest absolute Gasteiger partial charge is 0.314 e. The van der Waals surface area contributed by atoms with Gasteiger partial charge in [-0.1, -0.05) is 19.3 Å². The predicted molar refractivity (Wildman–Crippen MR) is 87.0 cm³/mol. The maximum absolute atomic E-state index is 11.9. The fourth-order valence-corrected chi connectivity index (χ4v) is 6.45. The first-order valence-corrected chi connectivity index (χ1v) is 10.8. The van der Waals surface area contributed by atoms with E-state index in [0.29, 0.717) is 0 Å². The summed E-state index contributed by atoms with van der Waals surface area (Å²) in [6.07, 6.45) is 8.85. The Labute approximate surface area is 128 Å². The number of hydrogen-bond donors (Lipinski definition) is 1. The molecule has 1 aliphatic carbocycles. The zero-order valence-electron chi connectivity index (χ0n) is 12.7. The van der Waals surface area contributed by atoms with Crippen LogP contribution in [0.5, 0.6) is 0 Å². The van der Waals surface area contributed by atoms with Crippen LogP contribution in [0.4, 0.5) is 0 Å². The summed E-state index contributed by atoms with van der Waals surface area (Å²) in [5, 5.41) is 3.25. The highest BCUT2D eigenvalue weighted by atomic mass is 32.2. The molecule has 2 fully saturated rings. The minimum Gasteiger partial charge on any atom is -0.314 e. The molecule has 0 aromatic rings. The first-order valence-electron chi connectivity index (χ1n) is 7.66. The Balaban J connectivity index is 1.96. The molecule has 20 heavy (non-hydrogen) atoms. The van der Waals surface area contributed by atoms with Gasteiger partial charge in [-0.25, -0.2) is 8.42 Å². The first-order chi connectivity index (χ1) is 9.47. The van der Waals surface area contributed by atoms with Crippen LogP contribution in [-0.2, 0) is 9.84 Å². The molecule has 2 aliphatic rings. The number of nitrogens with one attached hydrogen (secondary N) is 1. The van der Waals surface area contributed by atoms with E-state index in [1.165, 1.54) is 38.4 Å². The van der Waals surface area contributed by atoms with Crippen LogP contribution in [0.3, 0.4) is 0 Å². The Bertz CT molecular complexity index is 405. The van der Waals surface area contributed by atoms with Crippen LogP contribution in [0.15, 0.2) is 0 Å². The monoisotopic (exact) mass is 320 g/mol. The predicted octanol–water partition coefficient (Wildman–Crippen LogP) is 1.72. The zero-order chi connectivity index (χ0) is 14.6. The van der Waals surface area contributed by atoms with Crippen molar-refractivity contribution in [1.82, 2.24) is 10.2 Å². The van der Waals surface area contributed by atoms with Gasteiger partial charge in [0.25, 0.3) is 0 Å². The lowest BCUT2D eigenvalue weighted by Crippen LogP contribution is -2.51. The molecule has 1 saturated carbocycles. The smallest absolute Gasteiger partial charge is 0.164 e. The molecule has 1 heterocycles. The molecule has 6 heteroatoms. The van der Waals surface area contributed by atoms with E-state index in [1.807, 2.05) is 0 Å². The molecular formula is C14H28N2O2S2. The van der Waals surface area contributed by atoms with Crippen LogP contribution < -0.4 is 5.32 Å². The molecule has 118 valence electrons. The van der Waals surface area contributed by atoms with Gasteiger partial charge in [0.15, 0.2) is 9.84 Å². The maximum Gasteiger partial charge on any atom is 0.164 e. The van der Waals surface area contributed by atoms with Crippen LogP contribution in [0.25, 0.3) is 0 Å². The lowest BCUT2D eigenvalue weighted by atomic mass is 9.79. The van der Waals surface area contributed by atoms with Crippen molar-refractivity contribution < 1.29 is 8.42 Å². The van der Waals surface area contributed by atoms with Gasteiger partial charge in [-0.3, -0.25) is 4.90 Å². The minimum atomic E-state index is -2.97. The van der Waals surface area contributed by atoms with E-state index in [4.69, 9.17) is 0 Å². The Morgan fingerprint density at radius 1 is 1.30 bits per heavy atom. The van der Waals surface area contributed by atoms with E-state index < -0.39 is 9.84 Å². The van der Waals surface area contributed by atoms with Gasteiger partial charge in [-0.05, 0) is 26.3 Å². The highest BCUT2D eigenvalue weighted by Crippen LogP contribution is 2.32. The Kier molecular flexibility index (Phi) is 5.79. The molecular weight excluding hydrogens is 292 g/mol. The van der Waals surface area contributed by atoms with Gasteiger partial charge in [-0.2, -0.15) is 11.8 Å². The van der Waals surface area contributed by atoms with Gasteiger partial charge in [0.2, 0.25) is 0 Å². The van der Waals surface area contributed by atoms with Crippen molar-refractivity contribution in [3.63, 3.8) is 0 Å². The summed E-state index contributed by atoms with van der Waals surface area (Å²) in [4.78, 5) is 2.19. The van der Waals surface area contributed by atoms with E-state index >= 15 is 0 Å². The summed E-state index contributed by atoms with van der Waals surface area (Å²) in [6, 6.07) is 0. The molecule has 2 rings (SSSR count).